The predicted molar refractivity (Wildman–Crippen MR) is 113 cm³/mol. The molecule has 0 radical (unpaired) electrons. The van der Waals surface area contributed by atoms with Crippen LogP contribution in [-0.2, 0) is 4.79 Å². The van der Waals surface area contributed by atoms with Crippen LogP contribution in [0.15, 0.2) is 11.6 Å². The normalized spacial score (nSPS) is 44.7. The second kappa shape index (κ2) is 7.03. The van der Waals surface area contributed by atoms with Crippen molar-refractivity contribution in [1.29, 1.82) is 0 Å². The van der Waals surface area contributed by atoms with E-state index in [0.29, 0.717) is 16.6 Å². The molecule has 152 valence electrons. The summed E-state index contributed by atoms with van der Waals surface area (Å²) in [5.41, 5.74) is 2.44. The quantitative estimate of drug-likeness (QED) is 0.500. The van der Waals surface area contributed by atoms with Gasteiger partial charge < -0.3 is 0 Å². The molecule has 4 rings (SSSR count). The van der Waals surface area contributed by atoms with Gasteiger partial charge in [-0.05, 0) is 90.9 Å². The van der Waals surface area contributed by atoms with Crippen LogP contribution in [-0.4, -0.2) is 5.78 Å². The van der Waals surface area contributed by atoms with E-state index in [1.54, 1.807) is 0 Å². The summed E-state index contributed by atoms with van der Waals surface area (Å²) in [4.78, 5) is 12.1. The third-order valence-corrected chi connectivity index (χ3v) is 9.87. The molecule has 0 N–H and O–H groups in total. The number of hydrogen-bond acceptors (Lipinski definition) is 1. The van der Waals surface area contributed by atoms with Gasteiger partial charge in [0.1, 0.15) is 0 Å². The van der Waals surface area contributed by atoms with E-state index >= 15 is 0 Å². The Morgan fingerprint density at radius 2 is 1.81 bits per heavy atom. The van der Waals surface area contributed by atoms with Gasteiger partial charge in [-0.3, -0.25) is 4.79 Å². The number of ketones is 1. The summed E-state index contributed by atoms with van der Waals surface area (Å²) in [6, 6.07) is 0. The third kappa shape index (κ3) is 3.16. The van der Waals surface area contributed by atoms with Gasteiger partial charge in [0.25, 0.3) is 0 Å². The van der Waals surface area contributed by atoms with Gasteiger partial charge >= 0.3 is 0 Å². The molecule has 1 nitrogen and oxygen atoms in total. The Bertz CT molecular complexity index is 616. The van der Waals surface area contributed by atoms with Crippen molar-refractivity contribution in [2.24, 2.45) is 46.3 Å². The first-order valence-corrected chi connectivity index (χ1v) is 12.0. The second-order valence-corrected chi connectivity index (χ2v) is 11.7. The van der Waals surface area contributed by atoms with Crippen LogP contribution in [0, 0.1) is 46.3 Å². The topological polar surface area (TPSA) is 17.1 Å². The Balaban J connectivity index is 1.50. The lowest BCUT2D eigenvalue weighted by atomic mass is 9.54. The van der Waals surface area contributed by atoms with Crippen molar-refractivity contribution in [2.45, 2.75) is 98.8 Å². The van der Waals surface area contributed by atoms with Crippen LogP contribution in [0.5, 0.6) is 0 Å². The summed E-state index contributed by atoms with van der Waals surface area (Å²) in [6.45, 7) is 12.4. The van der Waals surface area contributed by atoms with Crippen LogP contribution < -0.4 is 0 Å². The monoisotopic (exact) mass is 370 g/mol. The predicted octanol–water partition coefficient (Wildman–Crippen LogP) is 7.21. The average Bonchev–Trinajstić information content (AvgIpc) is 3.09. The van der Waals surface area contributed by atoms with Gasteiger partial charge in [0.15, 0.2) is 5.78 Å². The molecule has 0 aromatic rings. The van der Waals surface area contributed by atoms with Gasteiger partial charge in [-0.2, -0.15) is 0 Å². The molecule has 0 spiro atoms. The number of carbonyl (C=O) groups excluding carboxylic acids is 1. The van der Waals surface area contributed by atoms with E-state index in [9.17, 15) is 4.79 Å². The van der Waals surface area contributed by atoms with Crippen molar-refractivity contribution >= 4 is 5.78 Å². The number of carbonyl (C=O) groups is 1. The number of rotatable bonds is 5. The summed E-state index contributed by atoms with van der Waals surface area (Å²) in [5.74, 6) is 5.68. The lowest BCUT2D eigenvalue weighted by molar-refractivity contribution is -0.116. The van der Waals surface area contributed by atoms with Gasteiger partial charge in [-0.15, -0.1) is 0 Å². The Morgan fingerprint density at radius 1 is 1.04 bits per heavy atom. The Labute approximate surface area is 167 Å². The maximum absolute atomic E-state index is 12.1. The van der Waals surface area contributed by atoms with E-state index in [1.807, 2.05) is 0 Å². The zero-order valence-corrected chi connectivity index (χ0v) is 18.5. The molecule has 0 aromatic carbocycles. The maximum Gasteiger partial charge on any atom is 0.155 e. The van der Waals surface area contributed by atoms with Crippen molar-refractivity contribution in [3.8, 4) is 0 Å². The summed E-state index contributed by atoms with van der Waals surface area (Å²) >= 11 is 0. The minimum Gasteiger partial charge on any atom is -0.295 e. The average molecular weight is 371 g/mol. The molecule has 0 bridgehead atoms. The highest BCUT2D eigenvalue weighted by Gasteiger charge is 2.61. The fourth-order valence-electron chi connectivity index (χ4n) is 8.33. The van der Waals surface area contributed by atoms with Crippen molar-refractivity contribution in [1.82, 2.24) is 0 Å². The van der Waals surface area contributed by atoms with E-state index in [4.69, 9.17) is 0 Å². The van der Waals surface area contributed by atoms with E-state index in [-0.39, 0.29) is 0 Å². The highest BCUT2D eigenvalue weighted by atomic mass is 16.1. The maximum atomic E-state index is 12.1. The van der Waals surface area contributed by atoms with Crippen LogP contribution in [0.2, 0.25) is 0 Å². The van der Waals surface area contributed by atoms with Crippen molar-refractivity contribution in [2.75, 3.05) is 0 Å². The number of hydrogen-bond donors (Lipinski definition) is 0. The molecule has 1 heteroatoms. The number of allylic oxidation sites excluding steroid dienone is 2. The lowest BCUT2D eigenvalue weighted by Gasteiger charge is -2.51. The van der Waals surface area contributed by atoms with E-state index in [2.05, 4.69) is 40.7 Å². The van der Waals surface area contributed by atoms with Crippen LogP contribution in [0.3, 0.4) is 0 Å². The smallest absolute Gasteiger partial charge is 0.155 e. The fourth-order valence-corrected chi connectivity index (χ4v) is 8.33. The molecular formula is C26H42O. The van der Waals surface area contributed by atoms with Crippen molar-refractivity contribution in [3.63, 3.8) is 0 Å². The summed E-state index contributed by atoms with van der Waals surface area (Å²) in [7, 11) is 0. The summed E-state index contributed by atoms with van der Waals surface area (Å²) < 4.78 is 0. The minimum atomic E-state index is 0.348. The van der Waals surface area contributed by atoms with E-state index in [0.717, 1.165) is 48.3 Å². The Kier molecular flexibility index (Phi) is 5.13. The Morgan fingerprint density at radius 3 is 2.56 bits per heavy atom. The largest absolute Gasteiger partial charge is 0.295 e. The van der Waals surface area contributed by atoms with Crippen LogP contribution in [0.4, 0.5) is 0 Å². The molecule has 4 aliphatic rings. The molecule has 0 aromatic heterocycles. The van der Waals surface area contributed by atoms with Crippen molar-refractivity contribution in [3.05, 3.63) is 11.6 Å². The first-order valence-electron chi connectivity index (χ1n) is 12.0. The van der Waals surface area contributed by atoms with Gasteiger partial charge in [0.2, 0.25) is 0 Å². The highest BCUT2D eigenvalue weighted by Crippen LogP contribution is 2.69. The molecule has 4 aliphatic carbocycles. The summed E-state index contributed by atoms with van der Waals surface area (Å²) in [5, 5.41) is 0. The molecule has 0 amide bonds. The standard InChI is InChI=1S/C26H42O/c1-17(2)7-6-8-18(3)22-9-10-23-21-16-19-15-20(27)11-13-25(19,4)24(21)12-14-26(22,23)5/h15,17-18,21-24H,6-14,16H2,1-5H3/t18-,21+,22-,23+,24+,25+,26-/m1/s1. The van der Waals surface area contributed by atoms with Crippen LogP contribution in [0.25, 0.3) is 0 Å². The van der Waals surface area contributed by atoms with Crippen molar-refractivity contribution < 1.29 is 4.79 Å². The Hall–Kier alpha value is -0.590. The zero-order valence-electron chi connectivity index (χ0n) is 18.5. The van der Waals surface area contributed by atoms with Gasteiger partial charge in [-0.1, -0.05) is 59.5 Å². The molecule has 0 heterocycles. The third-order valence-electron chi connectivity index (χ3n) is 9.87. The lowest BCUT2D eigenvalue weighted by Crippen LogP contribution is -2.44. The molecule has 27 heavy (non-hydrogen) atoms. The van der Waals surface area contributed by atoms with E-state index in [1.165, 1.54) is 56.9 Å². The van der Waals surface area contributed by atoms with Crippen LogP contribution >= 0.6 is 0 Å². The molecule has 0 aliphatic heterocycles. The second-order valence-electron chi connectivity index (χ2n) is 11.7. The van der Waals surface area contributed by atoms with Crippen LogP contribution in [0.1, 0.15) is 98.8 Å². The molecule has 0 saturated heterocycles. The molecule has 0 unspecified atom stereocenters. The first-order chi connectivity index (χ1) is 12.8. The van der Waals surface area contributed by atoms with Gasteiger partial charge in [0, 0.05) is 6.42 Å². The highest BCUT2D eigenvalue weighted by molar-refractivity contribution is 5.91. The fraction of sp³-hybridized carbons (Fsp3) is 0.885. The summed E-state index contributed by atoms with van der Waals surface area (Å²) in [6.07, 6.45) is 15.2. The molecular weight excluding hydrogens is 328 g/mol. The molecule has 3 saturated carbocycles. The van der Waals surface area contributed by atoms with E-state index < -0.39 is 0 Å². The van der Waals surface area contributed by atoms with Gasteiger partial charge in [0.05, 0.1) is 0 Å². The zero-order chi connectivity index (χ0) is 19.4. The molecule has 3 fully saturated rings. The number of fused-ring (bicyclic) bond motifs is 5. The minimum absolute atomic E-state index is 0.348. The van der Waals surface area contributed by atoms with Gasteiger partial charge in [-0.25, -0.2) is 0 Å². The SMILES string of the molecule is CC(C)CCC[C@@H](C)[C@H]1CC[C@H]2[C@@H]3CC4=CC(=O)CC[C@]4(C)[C@H]3CC[C@]12C. The molecule has 7 atom stereocenters. The first kappa shape index (κ1) is 19.7.